The van der Waals surface area contributed by atoms with Gasteiger partial charge >= 0.3 is 0 Å². The van der Waals surface area contributed by atoms with Crippen molar-refractivity contribution in [3.63, 3.8) is 0 Å². The maximum absolute atomic E-state index is 13.8. The SMILES string of the molecule is COc1ccc(C(Br)c2cc(C)c(F)cc2F)cc1F. The molecule has 0 radical (unpaired) electrons. The predicted molar refractivity (Wildman–Crippen MR) is 74.8 cm³/mol. The lowest BCUT2D eigenvalue weighted by molar-refractivity contribution is 0.386. The molecule has 0 aliphatic rings. The van der Waals surface area contributed by atoms with E-state index in [-0.39, 0.29) is 11.3 Å². The summed E-state index contributed by atoms with van der Waals surface area (Å²) in [4.78, 5) is -0.567. The summed E-state index contributed by atoms with van der Waals surface area (Å²) in [5.74, 6) is -1.70. The van der Waals surface area contributed by atoms with Crippen molar-refractivity contribution in [2.75, 3.05) is 7.11 Å². The number of methoxy groups -OCH3 is 1. The Balaban J connectivity index is 2.43. The van der Waals surface area contributed by atoms with Crippen molar-refractivity contribution in [1.82, 2.24) is 0 Å². The highest BCUT2D eigenvalue weighted by molar-refractivity contribution is 9.09. The fraction of sp³-hybridized carbons (Fsp3) is 0.200. The molecule has 0 aliphatic heterocycles. The number of aryl methyl sites for hydroxylation is 1. The molecule has 2 aromatic rings. The van der Waals surface area contributed by atoms with Gasteiger partial charge in [-0.3, -0.25) is 0 Å². The second kappa shape index (κ2) is 5.87. The summed E-state index contributed by atoms with van der Waals surface area (Å²) in [5.41, 5.74) is 1.11. The molecular weight excluding hydrogens is 333 g/mol. The maximum atomic E-state index is 13.8. The molecule has 0 amide bonds. The highest BCUT2D eigenvalue weighted by Gasteiger charge is 2.18. The average Bonchev–Trinajstić information content (AvgIpc) is 2.42. The lowest BCUT2D eigenvalue weighted by Crippen LogP contribution is -2.00. The molecule has 0 heterocycles. The molecule has 0 aromatic heterocycles. The first-order valence-electron chi connectivity index (χ1n) is 5.87. The van der Waals surface area contributed by atoms with Crippen molar-refractivity contribution >= 4 is 15.9 Å². The van der Waals surface area contributed by atoms with E-state index < -0.39 is 22.3 Å². The maximum Gasteiger partial charge on any atom is 0.165 e. The van der Waals surface area contributed by atoms with Crippen LogP contribution in [0, 0.1) is 24.4 Å². The lowest BCUT2D eigenvalue weighted by Gasteiger charge is -2.14. The van der Waals surface area contributed by atoms with E-state index in [0.29, 0.717) is 11.1 Å². The van der Waals surface area contributed by atoms with E-state index in [9.17, 15) is 13.2 Å². The van der Waals surface area contributed by atoms with Crippen LogP contribution in [0.25, 0.3) is 0 Å². The van der Waals surface area contributed by atoms with Crippen LogP contribution in [-0.4, -0.2) is 7.11 Å². The number of hydrogen-bond donors (Lipinski definition) is 0. The minimum Gasteiger partial charge on any atom is -0.494 e. The van der Waals surface area contributed by atoms with Crippen LogP contribution in [0.2, 0.25) is 0 Å². The Morgan fingerprint density at radius 2 is 1.70 bits per heavy atom. The summed E-state index contributed by atoms with van der Waals surface area (Å²) >= 11 is 3.31. The van der Waals surface area contributed by atoms with Gasteiger partial charge in [-0.05, 0) is 36.2 Å². The first-order chi connectivity index (χ1) is 9.43. The van der Waals surface area contributed by atoms with E-state index in [4.69, 9.17) is 4.74 Å². The number of ether oxygens (including phenoxy) is 1. The van der Waals surface area contributed by atoms with Crippen molar-refractivity contribution in [3.05, 3.63) is 64.5 Å². The van der Waals surface area contributed by atoms with Crippen LogP contribution < -0.4 is 4.74 Å². The molecule has 0 spiro atoms. The molecule has 1 unspecified atom stereocenters. The first-order valence-corrected chi connectivity index (χ1v) is 6.78. The van der Waals surface area contributed by atoms with Gasteiger partial charge < -0.3 is 4.74 Å². The van der Waals surface area contributed by atoms with Gasteiger partial charge in [0.1, 0.15) is 11.6 Å². The van der Waals surface area contributed by atoms with E-state index in [1.807, 2.05) is 0 Å². The molecule has 5 heteroatoms. The Morgan fingerprint density at radius 3 is 2.30 bits per heavy atom. The topological polar surface area (TPSA) is 9.23 Å². The minimum absolute atomic E-state index is 0.115. The number of alkyl halides is 1. The monoisotopic (exact) mass is 344 g/mol. The lowest BCUT2D eigenvalue weighted by atomic mass is 10.0. The van der Waals surface area contributed by atoms with Crippen molar-refractivity contribution < 1.29 is 17.9 Å². The zero-order valence-electron chi connectivity index (χ0n) is 10.9. The van der Waals surface area contributed by atoms with Crippen molar-refractivity contribution in [3.8, 4) is 5.75 Å². The minimum atomic E-state index is -0.675. The predicted octanol–water partition coefficient (Wildman–Crippen LogP) is 4.91. The Hall–Kier alpha value is -1.49. The Labute approximate surface area is 123 Å². The van der Waals surface area contributed by atoms with Crippen LogP contribution >= 0.6 is 15.9 Å². The molecule has 0 bridgehead atoms. The fourth-order valence-corrected chi connectivity index (χ4v) is 2.53. The zero-order valence-corrected chi connectivity index (χ0v) is 12.5. The van der Waals surface area contributed by atoms with Crippen molar-refractivity contribution in [2.24, 2.45) is 0 Å². The summed E-state index contributed by atoms with van der Waals surface area (Å²) in [5, 5.41) is 0. The highest BCUT2D eigenvalue weighted by Crippen LogP contribution is 2.35. The summed E-state index contributed by atoms with van der Waals surface area (Å²) in [7, 11) is 1.37. The third kappa shape index (κ3) is 2.82. The van der Waals surface area contributed by atoms with E-state index in [2.05, 4.69) is 15.9 Å². The molecule has 20 heavy (non-hydrogen) atoms. The largest absolute Gasteiger partial charge is 0.494 e. The summed E-state index contributed by atoms with van der Waals surface area (Å²) < 4.78 is 45.6. The third-order valence-electron chi connectivity index (χ3n) is 3.02. The van der Waals surface area contributed by atoms with Crippen LogP contribution in [0.1, 0.15) is 21.5 Å². The van der Waals surface area contributed by atoms with Gasteiger partial charge in [0.05, 0.1) is 11.9 Å². The third-order valence-corrected chi connectivity index (χ3v) is 4.04. The Kier molecular flexibility index (Phi) is 4.38. The summed E-state index contributed by atoms with van der Waals surface area (Å²) in [6, 6.07) is 6.59. The number of rotatable bonds is 3. The van der Waals surface area contributed by atoms with Gasteiger partial charge in [-0.25, -0.2) is 13.2 Å². The fourth-order valence-electron chi connectivity index (χ4n) is 1.89. The van der Waals surface area contributed by atoms with Crippen LogP contribution in [0.4, 0.5) is 13.2 Å². The molecule has 0 aliphatic carbocycles. The molecule has 2 rings (SSSR count). The van der Waals surface area contributed by atoms with Gasteiger partial charge in [0.25, 0.3) is 0 Å². The summed E-state index contributed by atoms with van der Waals surface area (Å²) in [6.07, 6.45) is 0. The van der Waals surface area contributed by atoms with Gasteiger partial charge in [0.15, 0.2) is 11.6 Å². The van der Waals surface area contributed by atoms with E-state index >= 15 is 0 Å². The number of halogens is 4. The first kappa shape index (κ1) is 14.9. The normalized spacial score (nSPS) is 12.3. The number of benzene rings is 2. The van der Waals surface area contributed by atoms with Gasteiger partial charge in [-0.15, -0.1) is 0 Å². The zero-order chi connectivity index (χ0) is 14.9. The standard InChI is InChI=1S/C15H12BrF3O/c1-8-5-10(12(18)7-11(8)17)15(16)9-3-4-14(20-2)13(19)6-9/h3-7,15H,1-2H3. The van der Waals surface area contributed by atoms with E-state index in [1.165, 1.54) is 25.3 Å². The van der Waals surface area contributed by atoms with Crippen molar-refractivity contribution in [1.29, 1.82) is 0 Å². The van der Waals surface area contributed by atoms with Gasteiger partial charge in [-0.2, -0.15) is 0 Å². The second-order valence-corrected chi connectivity index (χ2v) is 5.30. The van der Waals surface area contributed by atoms with Gasteiger partial charge in [0, 0.05) is 11.6 Å². The molecule has 0 fully saturated rings. The smallest absolute Gasteiger partial charge is 0.165 e. The average molecular weight is 345 g/mol. The molecule has 106 valence electrons. The van der Waals surface area contributed by atoms with Crippen LogP contribution in [-0.2, 0) is 0 Å². The second-order valence-electron chi connectivity index (χ2n) is 4.38. The van der Waals surface area contributed by atoms with E-state index in [1.54, 1.807) is 13.0 Å². The van der Waals surface area contributed by atoms with Crippen LogP contribution in [0.15, 0.2) is 30.3 Å². The Bertz CT molecular complexity index is 643. The number of hydrogen-bond acceptors (Lipinski definition) is 1. The molecule has 1 nitrogen and oxygen atoms in total. The van der Waals surface area contributed by atoms with Crippen molar-refractivity contribution in [2.45, 2.75) is 11.8 Å². The molecule has 2 aromatic carbocycles. The molecular formula is C15H12BrF3O. The van der Waals surface area contributed by atoms with E-state index in [0.717, 1.165) is 6.07 Å². The van der Waals surface area contributed by atoms with Gasteiger partial charge in [-0.1, -0.05) is 22.0 Å². The summed E-state index contributed by atoms with van der Waals surface area (Å²) in [6.45, 7) is 1.55. The van der Waals surface area contributed by atoms with Crippen LogP contribution in [0.5, 0.6) is 5.75 Å². The molecule has 1 atom stereocenters. The molecule has 0 saturated heterocycles. The van der Waals surface area contributed by atoms with Gasteiger partial charge in [0.2, 0.25) is 0 Å². The molecule has 0 saturated carbocycles. The highest BCUT2D eigenvalue weighted by atomic mass is 79.9. The quantitative estimate of drug-likeness (QED) is 0.719. The van der Waals surface area contributed by atoms with Crippen LogP contribution in [0.3, 0.4) is 0 Å². The Morgan fingerprint density at radius 1 is 1.00 bits per heavy atom. The molecule has 0 N–H and O–H groups in total.